The molecule has 1 saturated carbocycles. The topological polar surface area (TPSA) is 66.4 Å². The van der Waals surface area contributed by atoms with E-state index in [1.807, 2.05) is 24.3 Å². The summed E-state index contributed by atoms with van der Waals surface area (Å²) in [5.74, 6) is 0. The van der Waals surface area contributed by atoms with E-state index >= 15 is 0 Å². The third-order valence-electron chi connectivity index (χ3n) is 3.96. The minimum absolute atomic E-state index is 0.00226. The van der Waals surface area contributed by atoms with Crippen LogP contribution in [0, 0.1) is 0 Å². The molecule has 1 aromatic rings. The van der Waals surface area contributed by atoms with Crippen LogP contribution in [0.1, 0.15) is 31.2 Å². The summed E-state index contributed by atoms with van der Waals surface area (Å²) in [5.41, 5.74) is 2.04. The maximum atomic E-state index is 11.9. The zero-order valence-electron chi connectivity index (χ0n) is 11.9. The van der Waals surface area contributed by atoms with E-state index < -0.39 is 9.84 Å². The summed E-state index contributed by atoms with van der Waals surface area (Å²) in [7, 11) is -3.01. The molecule has 0 amide bonds. The SMILES string of the molecule is CS(=O)(=O)C1CCCCC1Nc1ccc(CCO)cc1. The number of rotatable bonds is 5. The van der Waals surface area contributed by atoms with Crippen LogP contribution in [0.15, 0.2) is 24.3 Å². The van der Waals surface area contributed by atoms with Gasteiger partial charge < -0.3 is 10.4 Å². The normalized spacial score (nSPS) is 23.5. The number of benzene rings is 1. The van der Waals surface area contributed by atoms with Crippen molar-refractivity contribution in [1.29, 1.82) is 0 Å². The van der Waals surface area contributed by atoms with E-state index in [9.17, 15) is 8.42 Å². The zero-order chi connectivity index (χ0) is 14.6. The summed E-state index contributed by atoms with van der Waals surface area (Å²) in [5, 5.41) is 12.0. The molecule has 2 rings (SSSR count). The Morgan fingerprint density at radius 3 is 2.45 bits per heavy atom. The predicted molar refractivity (Wildman–Crippen MR) is 81.7 cm³/mol. The van der Waals surface area contributed by atoms with Gasteiger partial charge in [-0.3, -0.25) is 0 Å². The van der Waals surface area contributed by atoms with Gasteiger partial charge in [-0.05, 0) is 37.0 Å². The van der Waals surface area contributed by atoms with Gasteiger partial charge in [0.05, 0.1) is 5.25 Å². The Balaban J connectivity index is 2.07. The fraction of sp³-hybridized carbons (Fsp3) is 0.600. The Morgan fingerprint density at radius 2 is 1.85 bits per heavy atom. The van der Waals surface area contributed by atoms with E-state index in [-0.39, 0.29) is 17.9 Å². The van der Waals surface area contributed by atoms with Crippen molar-refractivity contribution >= 4 is 15.5 Å². The first kappa shape index (κ1) is 15.3. The molecule has 2 atom stereocenters. The molecule has 0 heterocycles. The third-order valence-corrected chi connectivity index (χ3v) is 5.62. The first-order valence-electron chi connectivity index (χ1n) is 7.16. The van der Waals surface area contributed by atoms with Gasteiger partial charge in [-0.25, -0.2) is 8.42 Å². The number of aliphatic hydroxyl groups excluding tert-OH is 1. The van der Waals surface area contributed by atoms with Crippen LogP contribution in [0.5, 0.6) is 0 Å². The van der Waals surface area contributed by atoms with E-state index in [4.69, 9.17) is 5.11 Å². The van der Waals surface area contributed by atoms with Crippen LogP contribution < -0.4 is 5.32 Å². The monoisotopic (exact) mass is 297 g/mol. The molecule has 2 N–H and O–H groups in total. The Morgan fingerprint density at radius 1 is 1.20 bits per heavy atom. The van der Waals surface area contributed by atoms with Crippen LogP contribution in [0.25, 0.3) is 0 Å². The summed E-state index contributed by atoms with van der Waals surface area (Å²) in [6.45, 7) is 0.144. The quantitative estimate of drug-likeness (QED) is 0.872. The van der Waals surface area contributed by atoms with E-state index in [0.717, 1.165) is 36.9 Å². The van der Waals surface area contributed by atoms with Crippen LogP contribution in [0.3, 0.4) is 0 Å². The Hall–Kier alpha value is -1.07. The van der Waals surface area contributed by atoms with E-state index in [1.165, 1.54) is 6.26 Å². The van der Waals surface area contributed by atoms with Gasteiger partial charge in [0, 0.05) is 24.6 Å². The minimum Gasteiger partial charge on any atom is -0.396 e. The lowest BCUT2D eigenvalue weighted by atomic mass is 9.94. The Bertz CT molecular complexity index is 525. The Kier molecular flexibility index (Phi) is 5.05. The van der Waals surface area contributed by atoms with Gasteiger partial charge in [-0.2, -0.15) is 0 Å². The Labute approximate surface area is 121 Å². The van der Waals surface area contributed by atoms with Crippen molar-refractivity contribution in [2.45, 2.75) is 43.4 Å². The predicted octanol–water partition coefficient (Wildman–Crippen LogP) is 1.99. The first-order chi connectivity index (χ1) is 9.50. The summed E-state index contributed by atoms with van der Waals surface area (Å²) < 4.78 is 23.7. The second kappa shape index (κ2) is 6.59. The molecule has 0 saturated heterocycles. The van der Waals surface area contributed by atoms with Gasteiger partial charge in [0.1, 0.15) is 0 Å². The fourth-order valence-electron chi connectivity index (χ4n) is 2.89. The van der Waals surface area contributed by atoms with Crippen LogP contribution >= 0.6 is 0 Å². The molecule has 4 nitrogen and oxygen atoms in total. The largest absolute Gasteiger partial charge is 0.396 e. The van der Waals surface area contributed by atoms with Crippen molar-refractivity contribution in [3.8, 4) is 0 Å². The molecule has 0 spiro atoms. The molecule has 0 radical (unpaired) electrons. The van der Waals surface area contributed by atoms with Crippen molar-refractivity contribution in [2.24, 2.45) is 0 Å². The molecule has 1 aromatic carbocycles. The highest BCUT2D eigenvalue weighted by Crippen LogP contribution is 2.27. The molecular formula is C15H23NO3S. The average molecular weight is 297 g/mol. The molecule has 112 valence electrons. The average Bonchev–Trinajstić information content (AvgIpc) is 2.41. The third kappa shape index (κ3) is 3.96. The zero-order valence-corrected chi connectivity index (χ0v) is 12.7. The van der Waals surface area contributed by atoms with Gasteiger partial charge in [0.2, 0.25) is 0 Å². The lowest BCUT2D eigenvalue weighted by Gasteiger charge is -2.31. The number of aliphatic hydroxyl groups is 1. The van der Waals surface area contributed by atoms with Crippen molar-refractivity contribution in [2.75, 3.05) is 18.2 Å². The van der Waals surface area contributed by atoms with E-state index in [1.54, 1.807) is 0 Å². The molecule has 0 bridgehead atoms. The summed E-state index contributed by atoms with van der Waals surface area (Å²) >= 11 is 0. The van der Waals surface area contributed by atoms with Crippen molar-refractivity contribution in [1.82, 2.24) is 0 Å². The molecule has 1 aliphatic carbocycles. The highest BCUT2D eigenvalue weighted by Gasteiger charge is 2.32. The van der Waals surface area contributed by atoms with E-state index in [2.05, 4.69) is 5.32 Å². The molecular weight excluding hydrogens is 274 g/mol. The maximum Gasteiger partial charge on any atom is 0.152 e. The number of hydrogen-bond donors (Lipinski definition) is 2. The minimum atomic E-state index is -3.01. The number of nitrogens with one attached hydrogen (secondary N) is 1. The van der Waals surface area contributed by atoms with Gasteiger partial charge in [0.15, 0.2) is 9.84 Å². The van der Waals surface area contributed by atoms with Crippen LogP contribution in [0.2, 0.25) is 0 Å². The van der Waals surface area contributed by atoms with Crippen molar-refractivity contribution in [3.05, 3.63) is 29.8 Å². The molecule has 0 aliphatic heterocycles. The number of anilines is 1. The second-order valence-corrected chi connectivity index (χ2v) is 7.84. The molecule has 2 unspecified atom stereocenters. The molecule has 0 aromatic heterocycles. The van der Waals surface area contributed by atoms with Gasteiger partial charge in [0.25, 0.3) is 0 Å². The first-order valence-corrected chi connectivity index (χ1v) is 9.11. The maximum absolute atomic E-state index is 11.9. The smallest absolute Gasteiger partial charge is 0.152 e. The molecule has 5 heteroatoms. The summed E-state index contributed by atoms with van der Waals surface area (Å²) in [6.07, 6.45) is 5.70. The van der Waals surface area contributed by atoms with E-state index in [0.29, 0.717) is 6.42 Å². The second-order valence-electron chi connectivity index (χ2n) is 5.57. The lowest BCUT2D eigenvalue weighted by Crippen LogP contribution is -2.41. The number of sulfone groups is 1. The lowest BCUT2D eigenvalue weighted by molar-refractivity contribution is 0.299. The van der Waals surface area contributed by atoms with Gasteiger partial charge >= 0.3 is 0 Å². The van der Waals surface area contributed by atoms with Crippen LogP contribution in [-0.4, -0.2) is 37.7 Å². The molecule has 1 fully saturated rings. The van der Waals surface area contributed by atoms with Gasteiger partial charge in [-0.1, -0.05) is 25.0 Å². The highest BCUT2D eigenvalue weighted by atomic mass is 32.2. The highest BCUT2D eigenvalue weighted by molar-refractivity contribution is 7.91. The van der Waals surface area contributed by atoms with Crippen molar-refractivity contribution in [3.63, 3.8) is 0 Å². The fourth-order valence-corrected chi connectivity index (χ4v) is 4.28. The van der Waals surface area contributed by atoms with Crippen molar-refractivity contribution < 1.29 is 13.5 Å². The molecule has 20 heavy (non-hydrogen) atoms. The van der Waals surface area contributed by atoms with Crippen LogP contribution in [0.4, 0.5) is 5.69 Å². The standard InChI is InChI=1S/C15H23NO3S/c1-20(18,19)15-5-3-2-4-14(15)16-13-8-6-12(7-9-13)10-11-17/h6-9,14-17H,2-5,10-11H2,1H3. The number of hydrogen-bond acceptors (Lipinski definition) is 4. The van der Waals surface area contributed by atoms with Crippen LogP contribution in [-0.2, 0) is 16.3 Å². The summed E-state index contributed by atoms with van der Waals surface area (Å²) in [4.78, 5) is 0. The van der Waals surface area contributed by atoms with Gasteiger partial charge in [-0.15, -0.1) is 0 Å². The molecule has 1 aliphatic rings. The summed E-state index contributed by atoms with van der Waals surface area (Å²) in [6, 6.07) is 7.85.